The topological polar surface area (TPSA) is 63.7 Å². The van der Waals surface area contributed by atoms with E-state index in [-0.39, 0.29) is 12.5 Å². The molecule has 1 fully saturated rings. The van der Waals surface area contributed by atoms with Gasteiger partial charge in [-0.15, -0.1) is 0 Å². The van der Waals surface area contributed by atoms with Crippen molar-refractivity contribution >= 4 is 5.91 Å². The maximum Gasteiger partial charge on any atom is 0.260 e. The van der Waals surface area contributed by atoms with E-state index in [0.717, 1.165) is 38.2 Å². The first-order valence-electron chi connectivity index (χ1n) is 7.35. The Kier molecular flexibility index (Phi) is 6.43. The highest BCUT2D eigenvalue weighted by atomic mass is 16.5. The molecule has 1 aliphatic heterocycles. The summed E-state index contributed by atoms with van der Waals surface area (Å²) in [5.74, 6) is 0.681. The van der Waals surface area contributed by atoms with Crippen molar-refractivity contribution in [2.24, 2.45) is 0 Å². The first kappa shape index (κ1) is 15.7. The molecule has 0 spiro atoms. The standard InChI is InChI=1S/C15H23N3O3/c1-20-9-6-16-10-13-4-5-14(11-17-13)21-12-15(19)18-7-2-3-8-18/h4-5,11,16H,2-3,6-10,12H2,1H3. The minimum Gasteiger partial charge on any atom is -0.482 e. The van der Waals surface area contributed by atoms with Crippen LogP contribution in [0, 0.1) is 0 Å². The molecule has 1 aromatic heterocycles. The average molecular weight is 293 g/mol. The van der Waals surface area contributed by atoms with Crippen molar-refractivity contribution in [3.8, 4) is 5.75 Å². The zero-order valence-electron chi connectivity index (χ0n) is 12.5. The zero-order valence-corrected chi connectivity index (χ0v) is 12.5. The Morgan fingerprint density at radius 2 is 2.19 bits per heavy atom. The molecular weight excluding hydrogens is 270 g/mol. The Labute approximate surface area is 125 Å². The number of rotatable bonds is 8. The molecule has 6 nitrogen and oxygen atoms in total. The fourth-order valence-corrected chi connectivity index (χ4v) is 2.19. The fourth-order valence-electron chi connectivity index (χ4n) is 2.19. The molecule has 0 atom stereocenters. The lowest BCUT2D eigenvalue weighted by atomic mass is 10.3. The molecule has 1 aliphatic rings. The number of likely N-dealkylation sites (tertiary alicyclic amines) is 1. The molecule has 1 amide bonds. The summed E-state index contributed by atoms with van der Waals surface area (Å²) in [6.07, 6.45) is 3.85. The van der Waals surface area contributed by atoms with E-state index in [1.807, 2.05) is 17.0 Å². The third-order valence-corrected chi connectivity index (χ3v) is 3.41. The van der Waals surface area contributed by atoms with Gasteiger partial charge in [-0.25, -0.2) is 0 Å². The van der Waals surface area contributed by atoms with Gasteiger partial charge in [-0.05, 0) is 25.0 Å². The molecule has 21 heavy (non-hydrogen) atoms. The average Bonchev–Trinajstić information content (AvgIpc) is 3.05. The lowest BCUT2D eigenvalue weighted by Crippen LogP contribution is -2.32. The monoisotopic (exact) mass is 293 g/mol. The summed E-state index contributed by atoms with van der Waals surface area (Å²) >= 11 is 0. The highest BCUT2D eigenvalue weighted by Crippen LogP contribution is 2.11. The van der Waals surface area contributed by atoms with Gasteiger partial charge in [-0.2, -0.15) is 0 Å². The van der Waals surface area contributed by atoms with Gasteiger partial charge in [-0.3, -0.25) is 9.78 Å². The van der Waals surface area contributed by atoms with Gasteiger partial charge in [0.25, 0.3) is 5.91 Å². The SMILES string of the molecule is COCCNCc1ccc(OCC(=O)N2CCCC2)cn1. The number of carbonyl (C=O) groups excluding carboxylic acids is 1. The van der Waals surface area contributed by atoms with Gasteiger partial charge in [0, 0.05) is 33.3 Å². The van der Waals surface area contributed by atoms with Gasteiger partial charge in [0.2, 0.25) is 0 Å². The van der Waals surface area contributed by atoms with Gasteiger partial charge in [0.15, 0.2) is 6.61 Å². The molecule has 2 rings (SSSR count). The van der Waals surface area contributed by atoms with Crippen molar-refractivity contribution < 1.29 is 14.3 Å². The van der Waals surface area contributed by atoms with Gasteiger partial charge < -0.3 is 19.7 Å². The highest BCUT2D eigenvalue weighted by Gasteiger charge is 2.17. The van der Waals surface area contributed by atoms with Crippen LogP contribution >= 0.6 is 0 Å². The second-order valence-corrected chi connectivity index (χ2v) is 5.03. The smallest absolute Gasteiger partial charge is 0.260 e. The van der Waals surface area contributed by atoms with Crippen LogP contribution < -0.4 is 10.1 Å². The Hall–Kier alpha value is -1.66. The fraction of sp³-hybridized carbons (Fsp3) is 0.600. The molecule has 6 heteroatoms. The van der Waals surface area contributed by atoms with Crippen molar-refractivity contribution in [1.29, 1.82) is 0 Å². The number of aromatic nitrogens is 1. The maximum absolute atomic E-state index is 11.8. The summed E-state index contributed by atoms with van der Waals surface area (Å²) in [5, 5.41) is 3.22. The Bertz CT molecular complexity index is 430. The number of methoxy groups -OCH3 is 1. The van der Waals surface area contributed by atoms with Crippen LogP contribution in [0.2, 0.25) is 0 Å². The number of nitrogens with zero attached hydrogens (tertiary/aromatic N) is 2. The normalized spacial score (nSPS) is 14.4. The first-order chi connectivity index (χ1) is 10.3. The Morgan fingerprint density at radius 1 is 1.38 bits per heavy atom. The minimum absolute atomic E-state index is 0.0535. The number of hydrogen-bond donors (Lipinski definition) is 1. The molecule has 0 aromatic carbocycles. The van der Waals surface area contributed by atoms with E-state index in [4.69, 9.17) is 9.47 Å². The number of carbonyl (C=O) groups is 1. The van der Waals surface area contributed by atoms with Crippen LogP contribution in [0.3, 0.4) is 0 Å². The van der Waals surface area contributed by atoms with E-state index in [0.29, 0.717) is 18.9 Å². The molecule has 0 aliphatic carbocycles. The third-order valence-electron chi connectivity index (χ3n) is 3.41. The maximum atomic E-state index is 11.8. The lowest BCUT2D eigenvalue weighted by Gasteiger charge is -2.15. The van der Waals surface area contributed by atoms with E-state index >= 15 is 0 Å². The van der Waals surface area contributed by atoms with Crippen LogP contribution in [0.15, 0.2) is 18.3 Å². The van der Waals surface area contributed by atoms with Crippen molar-refractivity contribution in [3.63, 3.8) is 0 Å². The van der Waals surface area contributed by atoms with Crippen LogP contribution in [0.25, 0.3) is 0 Å². The largest absolute Gasteiger partial charge is 0.482 e. The summed E-state index contributed by atoms with van der Waals surface area (Å²) in [7, 11) is 1.68. The van der Waals surface area contributed by atoms with E-state index < -0.39 is 0 Å². The van der Waals surface area contributed by atoms with E-state index in [2.05, 4.69) is 10.3 Å². The molecule has 0 radical (unpaired) electrons. The number of hydrogen-bond acceptors (Lipinski definition) is 5. The summed E-state index contributed by atoms with van der Waals surface area (Å²) in [6.45, 7) is 3.96. The van der Waals surface area contributed by atoms with Crippen molar-refractivity contribution in [1.82, 2.24) is 15.2 Å². The Morgan fingerprint density at radius 3 is 2.86 bits per heavy atom. The minimum atomic E-state index is 0.0535. The van der Waals surface area contributed by atoms with Crippen molar-refractivity contribution in [2.75, 3.05) is 40.0 Å². The van der Waals surface area contributed by atoms with E-state index in [1.54, 1.807) is 13.3 Å². The molecule has 0 unspecified atom stereocenters. The predicted molar refractivity (Wildman–Crippen MR) is 79.1 cm³/mol. The second kappa shape index (κ2) is 8.59. The van der Waals surface area contributed by atoms with E-state index in [9.17, 15) is 4.79 Å². The summed E-state index contributed by atoms with van der Waals surface area (Å²) in [6, 6.07) is 3.74. The lowest BCUT2D eigenvalue weighted by molar-refractivity contribution is -0.132. The molecule has 1 N–H and O–H groups in total. The summed E-state index contributed by atoms with van der Waals surface area (Å²) in [4.78, 5) is 18.0. The molecule has 116 valence electrons. The number of amides is 1. The van der Waals surface area contributed by atoms with Gasteiger partial charge in [-0.1, -0.05) is 0 Å². The first-order valence-corrected chi connectivity index (χ1v) is 7.35. The number of nitrogens with one attached hydrogen (secondary N) is 1. The Balaban J connectivity index is 1.70. The molecule has 2 heterocycles. The highest BCUT2D eigenvalue weighted by molar-refractivity contribution is 5.77. The van der Waals surface area contributed by atoms with Crippen LogP contribution in [0.5, 0.6) is 5.75 Å². The van der Waals surface area contributed by atoms with Gasteiger partial charge >= 0.3 is 0 Å². The number of pyridine rings is 1. The third kappa shape index (κ3) is 5.32. The van der Waals surface area contributed by atoms with Crippen LogP contribution in [-0.2, 0) is 16.1 Å². The van der Waals surface area contributed by atoms with Crippen LogP contribution in [0.1, 0.15) is 18.5 Å². The summed E-state index contributed by atoms with van der Waals surface area (Å²) < 4.78 is 10.4. The van der Waals surface area contributed by atoms with Crippen LogP contribution in [0.4, 0.5) is 0 Å². The van der Waals surface area contributed by atoms with Crippen LogP contribution in [-0.4, -0.2) is 55.7 Å². The van der Waals surface area contributed by atoms with Crippen molar-refractivity contribution in [3.05, 3.63) is 24.0 Å². The number of ether oxygens (including phenoxy) is 2. The molecule has 1 saturated heterocycles. The van der Waals surface area contributed by atoms with Gasteiger partial charge in [0.05, 0.1) is 18.5 Å². The predicted octanol–water partition coefficient (Wildman–Crippen LogP) is 0.819. The van der Waals surface area contributed by atoms with Gasteiger partial charge in [0.1, 0.15) is 5.75 Å². The molecule has 0 bridgehead atoms. The molecule has 0 saturated carbocycles. The van der Waals surface area contributed by atoms with Crippen molar-refractivity contribution in [2.45, 2.75) is 19.4 Å². The zero-order chi connectivity index (χ0) is 14.9. The molecular formula is C15H23N3O3. The summed E-state index contributed by atoms with van der Waals surface area (Å²) in [5.41, 5.74) is 0.935. The quantitative estimate of drug-likeness (QED) is 0.719. The second-order valence-electron chi connectivity index (χ2n) is 5.03. The van der Waals surface area contributed by atoms with E-state index in [1.165, 1.54) is 0 Å². The molecule has 1 aromatic rings.